The number of unbranched alkanes of at least 4 members (excludes halogenated alkanes) is 1. The summed E-state index contributed by atoms with van der Waals surface area (Å²) in [6, 6.07) is 5.87. The molecule has 0 unspecified atom stereocenters. The van der Waals surface area contributed by atoms with Gasteiger partial charge in [0.05, 0.1) is 6.42 Å². The van der Waals surface area contributed by atoms with E-state index in [1.54, 1.807) is 17.0 Å². The highest BCUT2D eigenvalue weighted by molar-refractivity contribution is 5.78. The Hall–Kier alpha value is -1.91. The highest BCUT2D eigenvalue weighted by atomic mass is 19.1. The SMILES string of the molecule is CCCCN(CCNC(=O)Cc1ccc(F)cc1)C(C)=O. The van der Waals surface area contributed by atoms with Crippen LogP contribution in [0.4, 0.5) is 4.39 Å². The second kappa shape index (κ2) is 9.10. The molecule has 2 amide bonds. The third-order valence-electron chi connectivity index (χ3n) is 3.21. The molecule has 0 heterocycles. The van der Waals surface area contributed by atoms with Crippen molar-refractivity contribution in [2.45, 2.75) is 33.1 Å². The molecule has 1 rings (SSSR count). The van der Waals surface area contributed by atoms with Crippen molar-refractivity contribution in [2.24, 2.45) is 0 Å². The molecule has 0 aliphatic carbocycles. The van der Waals surface area contributed by atoms with E-state index in [4.69, 9.17) is 0 Å². The van der Waals surface area contributed by atoms with Gasteiger partial charge in [0.2, 0.25) is 11.8 Å². The number of amides is 2. The molecule has 1 aromatic rings. The van der Waals surface area contributed by atoms with Crippen LogP contribution in [0.5, 0.6) is 0 Å². The fourth-order valence-corrected chi connectivity index (χ4v) is 1.96. The number of benzene rings is 1. The van der Waals surface area contributed by atoms with Gasteiger partial charge in [-0.1, -0.05) is 25.5 Å². The van der Waals surface area contributed by atoms with Crippen molar-refractivity contribution >= 4 is 11.8 Å². The van der Waals surface area contributed by atoms with Crippen LogP contribution in [0.1, 0.15) is 32.3 Å². The number of carbonyl (C=O) groups excluding carboxylic acids is 2. The van der Waals surface area contributed by atoms with E-state index in [-0.39, 0.29) is 24.1 Å². The molecular formula is C16H23FN2O2. The minimum absolute atomic E-state index is 0.0243. The van der Waals surface area contributed by atoms with Crippen molar-refractivity contribution in [1.29, 1.82) is 0 Å². The van der Waals surface area contributed by atoms with Gasteiger partial charge in [0.15, 0.2) is 0 Å². The van der Waals surface area contributed by atoms with E-state index >= 15 is 0 Å². The zero-order chi connectivity index (χ0) is 15.7. The summed E-state index contributed by atoms with van der Waals surface area (Å²) >= 11 is 0. The number of hydrogen-bond acceptors (Lipinski definition) is 2. The Labute approximate surface area is 125 Å². The van der Waals surface area contributed by atoms with Gasteiger partial charge >= 0.3 is 0 Å². The number of nitrogens with one attached hydrogen (secondary N) is 1. The van der Waals surface area contributed by atoms with E-state index in [2.05, 4.69) is 12.2 Å². The number of carbonyl (C=O) groups is 2. The highest BCUT2D eigenvalue weighted by Gasteiger charge is 2.08. The Bertz CT molecular complexity index is 460. The molecule has 0 aliphatic heterocycles. The Morgan fingerprint density at radius 2 is 1.86 bits per heavy atom. The third kappa shape index (κ3) is 6.88. The normalized spacial score (nSPS) is 10.2. The van der Waals surface area contributed by atoms with Crippen LogP contribution in [-0.4, -0.2) is 36.3 Å². The van der Waals surface area contributed by atoms with Crippen LogP contribution in [0, 0.1) is 5.82 Å². The van der Waals surface area contributed by atoms with Crippen LogP contribution in [-0.2, 0) is 16.0 Å². The lowest BCUT2D eigenvalue weighted by Crippen LogP contribution is -2.38. The molecule has 0 saturated heterocycles. The molecule has 5 heteroatoms. The molecule has 0 spiro atoms. The fraction of sp³-hybridized carbons (Fsp3) is 0.500. The summed E-state index contributed by atoms with van der Waals surface area (Å²) in [4.78, 5) is 24.9. The molecule has 21 heavy (non-hydrogen) atoms. The predicted octanol–water partition coefficient (Wildman–Crippen LogP) is 2.13. The number of rotatable bonds is 8. The quantitative estimate of drug-likeness (QED) is 0.798. The van der Waals surface area contributed by atoms with Crippen molar-refractivity contribution in [3.05, 3.63) is 35.6 Å². The maximum absolute atomic E-state index is 12.8. The Morgan fingerprint density at radius 3 is 2.43 bits per heavy atom. The Balaban J connectivity index is 2.31. The molecule has 0 radical (unpaired) electrons. The lowest BCUT2D eigenvalue weighted by molar-refractivity contribution is -0.129. The van der Waals surface area contributed by atoms with E-state index < -0.39 is 0 Å². The second-order valence-corrected chi connectivity index (χ2v) is 5.01. The monoisotopic (exact) mass is 294 g/mol. The van der Waals surface area contributed by atoms with Gasteiger partial charge in [-0.05, 0) is 24.1 Å². The van der Waals surface area contributed by atoms with E-state index in [0.717, 1.165) is 24.9 Å². The summed E-state index contributed by atoms with van der Waals surface area (Å²) in [5.41, 5.74) is 0.767. The topological polar surface area (TPSA) is 49.4 Å². The predicted molar refractivity (Wildman–Crippen MR) is 80.3 cm³/mol. The molecule has 116 valence electrons. The van der Waals surface area contributed by atoms with Crippen LogP contribution < -0.4 is 5.32 Å². The molecule has 0 atom stereocenters. The first-order chi connectivity index (χ1) is 10.0. The smallest absolute Gasteiger partial charge is 0.224 e. The van der Waals surface area contributed by atoms with Gasteiger partial charge in [0, 0.05) is 26.6 Å². The maximum atomic E-state index is 12.8. The van der Waals surface area contributed by atoms with Crippen molar-refractivity contribution in [1.82, 2.24) is 10.2 Å². The Morgan fingerprint density at radius 1 is 1.19 bits per heavy atom. The first-order valence-electron chi connectivity index (χ1n) is 7.29. The van der Waals surface area contributed by atoms with Crippen LogP contribution in [0.2, 0.25) is 0 Å². The van der Waals surface area contributed by atoms with Gasteiger partial charge in [-0.2, -0.15) is 0 Å². The minimum Gasteiger partial charge on any atom is -0.354 e. The summed E-state index contributed by atoms with van der Waals surface area (Å²) in [6.07, 6.45) is 2.21. The van der Waals surface area contributed by atoms with Crippen LogP contribution in [0.25, 0.3) is 0 Å². The van der Waals surface area contributed by atoms with Crippen LogP contribution >= 0.6 is 0 Å². The molecule has 0 aliphatic rings. The average Bonchev–Trinajstić information content (AvgIpc) is 2.44. The Kier molecular flexibility index (Phi) is 7.43. The second-order valence-electron chi connectivity index (χ2n) is 5.01. The average molecular weight is 294 g/mol. The largest absolute Gasteiger partial charge is 0.354 e. The van der Waals surface area contributed by atoms with Gasteiger partial charge in [0.1, 0.15) is 5.82 Å². The van der Waals surface area contributed by atoms with Crippen molar-refractivity contribution in [2.75, 3.05) is 19.6 Å². The van der Waals surface area contributed by atoms with Crippen LogP contribution in [0.3, 0.4) is 0 Å². The number of nitrogens with zero attached hydrogens (tertiary/aromatic N) is 1. The van der Waals surface area contributed by atoms with E-state index in [1.807, 2.05) is 0 Å². The summed E-state index contributed by atoms with van der Waals surface area (Å²) < 4.78 is 12.8. The van der Waals surface area contributed by atoms with Gasteiger partial charge in [-0.3, -0.25) is 9.59 Å². The van der Waals surface area contributed by atoms with Gasteiger partial charge in [-0.15, -0.1) is 0 Å². The first kappa shape index (κ1) is 17.1. The first-order valence-corrected chi connectivity index (χ1v) is 7.29. The van der Waals surface area contributed by atoms with E-state index in [1.165, 1.54) is 19.1 Å². The molecule has 1 aromatic carbocycles. The summed E-state index contributed by atoms with van der Waals surface area (Å²) in [6.45, 7) is 5.28. The fourth-order valence-electron chi connectivity index (χ4n) is 1.96. The van der Waals surface area contributed by atoms with Gasteiger partial charge < -0.3 is 10.2 Å². The lowest BCUT2D eigenvalue weighted by atomic mass is 10.1. The molecule has 0 bridgehead atoms. The van der Waals surface area contributed by atoms with E-state index in [0.29, 0.717) is 13.1 Å². The van der Waals surface area contributed by atoms with Crippen molar-refractivity contribution in [3.63, 3.8) is 0 Å². The standard InChI is InChI=1S/C16H23FN2O2/c1-3-4-10-19(13(2)20)11-9-18-16(21)12-14-5-7-15(17)8-6-14/h5-8H,3-4,9-12H2,1-2H3,(H,18,21). The maximum Gasteiger partial charge on any atom is 0.224 e. The molecule has 0 aromatic heterocycles. The lowest BCUT2D eigenvalue weighted by Gasteiger charge is -2.20. The summed E-state index contributed by atoms with van der Waals surface area (Å²) in [5.74, 6) is -0.413. The minimum atomic E-state index is -0.313. The van der Waals surface area contributed by atoms with Crippen molar-refractivity contribution < 1.29 is 14.0 Å². The molecule has 4 nitrogen and oxygen atoms in total. The number of hydrogen-bond donors (Lipinski definition) is 1. The van der Waals surface area contributed by atoms with E-state index in [9.17, 15) is 14.0 Å². The summed E-state index contributed by atoms with van der Waals surface area (Å²) in [7, 11) is 0. The zero-order valence-electron chi connectivity index (χ0n) is 12.7. The molecule has 1 N–H and O–H groups in total. The van der Waals surface area contributed by atoms with Gasteiger partial charge in [-0.25, -0.2) is 4.39 Å². The third-order valence-corrected chi connectivity index (χ3v) is 3.21. The zero-order valence-corrected chi connectivity index (χ0v) is 12.7. The molecule has 0 saturated carbocycles. The van der Waals surface area contributed by atoms with Crippen LogP contribution in [0.15, 0.2) is 24.3 Å². The summed E-state index contributed by atoms with van der Waals surface area (Å²) in [5, 5.41) is 2.78. The molecular weight excluding hydrogens is 271 g/mol. The highest BCUT2D eigenvalue weighted by Crippen LogP contribution is 2.03. The number of halogens is 1. The van der Waals surface area contributed by atoms with Crippen molar-refractivity contribution in [3.8, 4) is 0 Å². The molecule has 0 fully saturated rings. The van der Waals surface area contributed by atoms with Gasteiger partial charge in [0.25, 0.3) is 0 Å².